The van der Waals surface area contributed by atoms with E-state index in [0.717, 1.165) is 16.3 Å². The third-order valence-electron chi connectivity index (χ3n) is 6.04. The van der Waals surface area contributed by atoms with Crippen LogP contribution in [0.1, 0.15) is 39.2 Å². The first-order chi connectivity index (χ1) is 16.5. The van der Waals surface area contributed by atoms with E-state index in [-0.39, 0.29) is 6.42 Å². The molecule has 3 atom stereocenters. The van der Waals surface area contributed by atoms with E-state index in [1.807, 2.05) is 48.6 Å². The van der Waals surface area contributed by atoms with Gasteiger partial charge in [-0.2, -0.15) is 0 Å². The third kappa shape index (κ3) is 5.95. The number of esters is 1. The number of carbonyl (C=O) groups excluding carboxylic acids is 2. The Hall–Kier alpha value is -2.67. The molecule has 0 saturated carbocycles. The predicted octanol–water partition coefficient (Wildman–Crippen LogP) is 5.85. The highest BCUT2D eigenvalue weighted by Gasteiger charge is 2.57. The van der Waals surface area contributed by atoms with Gasteiger partial charge < -0.3 is 18.5 Å². The molecule has 9 heteroatoms. The molecule has 0 unspecified atom stereocenters. The van der Waals surface area contributed by atoms with Gasteiger partial charge in [0.1, 0.15) is 17.4 Å². The lowest BCUT2D eigenvalue weighted by atomic mass is 9.99. The molecule has 1 aliphatic heterocycles. The van der Waals surface area contributed by atoms with Crippen LogP contribution < -0.4 is 0 Å². The first-order valence-electron chi connectivity index (χ1n) is 11.5. The summed E-state index contributed by atoms with van der Waals surface area (Å²) in [6.45, 7) is 5.17. The average molecular weight is 504 g/mol. The van der Waals surface area contributed by atoms with Crippen molar-refractivity contribution in [2.24, 2.45) is 5.92 Å². The van der Waals surface area contributed by atoms with Crippen molar-refractivity contribution < 1.29 is 32.7 Å². The highest BCUT2D eigenvalue weighted by atomic mass is 31.2. The summed E-state index contributed by atoms with van der Waals surface area (Å²) in [7, 11) is -0.0216. The van der Waals surface area contributed by atoms with E-state index in [1.54, 1.807) is 20.8 Å². The summed E-state index contributed by atoms with van der Waals surface area (Å²) < 4.78 is 34.8. The second-order valence-electron chi connectivity index (χ2n) is 9.45. The van der Waals surface area contributed by atoms with Gasteiger partial charge in [-0.15, -0.1) is 0 Å². The predicted molar refractivity (Wildman–Crippen MR) is 135 cm³/mol. The number of methoxy groups -OCH3 is 1. The largest absolute Gasteiger partial charge is 0.467 e. The fourth-order valence-electron chi connectivity index (χ4n) is 4.51. The molecule has 2 aromatic rings. The standard InChI is InChI=1S/C26H34NO7P/c1-26(2,3)34-25(29)27-22(24(28)31-4)17-20(23(27)35(30,32-5)33-6)15-10-14-19-13-9-12-18-11-7-8-16-21(18)19/h7-14,16,20,22-23H,15,17H2,1-6H3/b14-10+/t20-,22+,23+/m1/s1. The number of benzene rings is 2. The van der Waals surface area contributed by atoms with E-state index < -0.39 is 43.0 Å². The monoisotopic (exact) mass is 503 g/mol. The normalized spacial score (nSPS) is 21.0. The SMILES string of the molecule is COC(=O)[C@@H]1C[C@@H](C/C=C/c2cccc3ccccc23)[C@H](P(=O)(OC)OC)N1C(=O)OC(C)(C)C. The van der Waals surface area contributed by atoms with Crippen molar-refractivity contribution in [3.63, 3.8) is 0 Å². The number of rotatable bonds is 7. The van der Waals surface area contributed by atoms with Gasteiger partial charge in [-0.25, -0.2) is 9.59 Å². The number of ether oxygens (including phenoxy) is 2. The number of fused-ring (bicyclic) bond motifs is 1. The Kier molecular flexibility index (Phi) is 8.42. The Morgan fingerprint density at radius 3 is 2.34 bits per heavy atom. The molecule has 35 heavy (non-hydrogen) atoms. The second-order valence-corrected chi connectivity index (χ2v) is 11.8. The maximum atomic E-state index is 13.6. The number of carbonyl (C=O) groups is 2. The van der Waals surface area contributed by atoms with E-state index in [0.29, 0.717) is 6.42 Å². The Morgan fingerprint density at radius 1 is 1.06 bits per heavy atom. The van der Waals surface area contributed by atoms with Crippen molar-refractivity contribution in [3.05, 3.63) is 54.1 Å². The Labute approximate surface area is 206 Å². The molecule has 190 valence electrons. The zero-order valence-corrected chi connectivity index (χ0v) is 22.0. The number of hydrogen-bond donors (Lipinski definition) is 0. The lowest BCUT2D eigenvalue weighted by Crippen LogP contribution is -2.48. The molecule has 8 nitrogen and oxygen atoms in total. The van der Waals surface area contributed by atoms with Crippen LogP contribution >= 0.6 is 7.60 Å². The molecule has 0 spiro atoms. The fourth-order valence-corrected chi connectivity index (χ4v) is 6.41. The van der Waals surface area contributed by atoms with Gasteiger partial charge in [0, 0.05) is 14.2 Å². The minimum atomic E-state index is -3.82. The molecule has 3 rings (SSSR count). The summed E-state index contributed by atoms with van der Waals surface area (Å²) in [6.07, 6.45) is 3.84. The molecule has 0 aliphatic carbocycles. The van der Waals surface area contributed by atoms with Gasteiger partial charge in [0.2, 0.25) is 0 Å². The molecular formula is C26H34NO7P. The zero-order valence-electron chi connectivity index (χ0n) is 21.1. The summed E-state index contributed by atoms with van der Waals surface area (Å²) in [5.41, 5.74) is 0.214. The van der Waals surface area contributed by atoms with Crippen molar-refractivity contribution in [3.8, 4) is 0 Å². The van der Waals surface area contributed by atoms with E-state index in [1.165, 1.54) is 26.2 Å². The van der Waals surface area contributed by atoms with Crippen LogP contribution in [0.25, 0.3) is 16.8 Å². The Morgan fingerprint density at radius 2 is 1.71 bits per heavy atom. The van der Waals surface area contributed by atoms with Crippen molar-refractivity contribution in [2.75, 3.05) is 21.3 Å². The summed E-state index contributed by atoms with van der Waals surface area (Å²) in [6, 6.07) is 13.2. The molecule has 1 heterocycles. The topological polar surface area (TPSA) is 91.4 Å². The summed E-state index contributed by atoms with van der Waals surface area (Å²) >= 11 is 0. The number of allylic oxidation sites excluding steroid dienone is 1. The molecular weight excluding hydrogens is 469 g/mol. The number of likely N-dealkylation sites (tertiary alicyclic amines) is 1. The van der Waals surface area contributed by atoms with Gasteiger partial charge >= 0.3 is 19.7 Å². The highest BCUT2D eigenvalue weighted by Crippen LogP contribution is 2.60. The van der Waals surface area contributed by atoms with Crippen LogP contribution in [0, 0.1) is 5.92 Å². The molecule has 1 fully saturated rings. The quantitative estimate of drug-likeness (QED) is 0.346. The molecule has 1 aliphatic rings. The molecule has 0 bridgehead atoms. The maximum absolute atomic E-state index is 13.6. The van der Waals surface area contributed by atoms with Crippen molar-refractivity contribution in [1.29, 1.82) is 0 Å². The van der Waals surface area contributed by atoms with Gasteiger partial charge in [0.05, 0.1) is 7.11 Å². The molecule has 1 amide bonds. The van der Waals surface area contributed by atoms with Gasteiger partial charge in [-0.05, 0) is 55.9 Å². The molecule has 0 aromatic heterocycles. The third-order valence-corrected chi connectivity index (χ3v) is 8.37. The number of hydrogen-bond acceptors (Lipinski definition) is 7. The smallest absolute Gasteiger partial charge is 0.411 e. The van der Waals surface area contributed by atoms with Gasteiger partial charge in [-0.1, -0.05) is 54.6 Å². The van der Waals surface area contributed by atoms with Crippen LogP contribution in [0.3, 0.4) is 0 Å². The first kappa shape index (κ1) is 26.9. The minimum absolute atomic E-state index is 0.229. The molecule has 0 radical (unpaired) electrons. The van der Waals surface area contributed by atoms with Gasteiger partial charge in [0.25, 0.3) is 0 Å². The minimum Gasteiger partial charge on any atom is -0.467 e. The Bertz CT molecular complexity index is 1130. The van der Waals surface area contributed by atoms with Gasteiger partial charge in [-0.3, -0.25) is 9.46 Å². The van der Waals surface area contributed by atoms with Gasteiger partial charge in [0.15, 0.2) is 0 Å². The highest BCUT2D eigenvalue weighted by molar-refractivity contribution is 7.54. The van der Waals surface area contributed by atoms with E-state index >= 15 is 0 Å². The molecule has 0 N–H and O–H groups in total. The van der Waals surface area contributed by atoms with E-state index in [4.69, 9.17) is 18.5 Å². The van der Waals surface area contributed by atoms with Crippen LogP contribution in [0.15, 0.2) is 48.5 Å². The summed E-state index contributed by atoms with van der Waals surface area (Å²) in [5, 5.41) is 2.23. The van der Waals surface area contributed by atoms with E-state index in [2.05, 4.69) is 6.07 Å². The van der Waals surface area contributed by atoms with Crippen LogP contribution in [0.2, 0.25) is 0 Å². The van der Waals surface area contributed by atoms with E-state index in [9.17, 15) is 14.2 Å². The van der Waals surface area contributed by atoms with Crippen LogP contribution in [0.4, 0.5) is 4.79 Å². The van der Waals surface area contributed by atoms with Crippen molar-refractivity contribution in [1.82, 2.24) is 4.90 Å². The summed E-state index contributed by atoms with van der Waals surface area (Å²) in [5.74, 6) is -2.03. The summed E-state index contributed by atoms with van der Waals surface area (Å²) in [4.78, 5) is 27.1. The van der Waals surface area contributed by atoms with Crippen molar-refractivity contribution >= 4 is 36.5 Å². The fraction of sp³-hybridized carbons (Fsp3) is 0.462. The Balaban J connectivity index is 1.97. The lowest BCUT2D eigenvalue weighted by Gasteiger charge is -2.34. The zero-order chi connectivity index (χ0) is 25.8. The maximum Gasteiger partial charge on any atom is 0.411 e. The van der Waals surface area contributed by atoms with Crippen LogP contribution in [-0.4, -0.2) is 55.7 Å². The average Bonchev–Trinajstić information content (AvgIpc) is 3.22. The van der Waals surface area contributed by atoms with Crippen molar-refractivity contribution in [2.45, 2.75) is 51.0 Å². The van der Waals surface area contributed by atoms with Crippen LogP contribution in [-0.2, 0) is 27.9 Å². The second kappa shape index (κ2) is 10.9. The number of amides is 1. The van der Waals surface area contributed by atoms with Crippen LogP contribution in [0.5, 0.6) is 0 Å². The lowest BCUT2D eigenvalue weighted by molar-refractivity contribution is -0.145. The molecule has 1 saturated heterocycles. The number of nitrogens with zero attached hydrogens (tertiary/aromatic N) is 1. The molecule has 2 aromatic carbocycles. The first-order valence-corrected chi connectivity index (χ1v) is 13.1.